The van der Waals surface area contributed by atoms with E-state index in [2.05, 4.69) is 38.9 Å². The maximum atomic E-state index is 12.3. The summed E-state index contributed by atoms with van der Waals surface area (Å²) in [5.74, 6) is 1.37. The molecule has 2 aromatic rings. The van der Waals surface area contributed by atoms with Crippen molar-refractivity contribution in [1.29, 1.82) is 0 Å². The molecule has 5 nitrogen and oxygen atoms in total. The van der Waals surface area contributed by atoms with E-state index in [1.54, 1.807) is 12.3 Å². The monoisotopic (exact) mass is 382 g/mol. The molecule has 1 unspecified atom stereocenters. The van der Waals surface area contributed by atoms with Crippen LogP contribution in [0.5, 0.6) is 5.75 Å². The Balaban J connectivity index is 2.05. The van der Waals surface area contributed by atoms with Crippen LogP contribution in [0.25, 0.3) is 0 Å². The van der Waals surface area contributed by atoms with E-state index in [1.165, 1.54) is 31.5 Å². The first-order valence-electron chi connectivity index (χ1n) is 9.23. The predicted molar refractivity (Wildman–Crippen MR) is 98.0 cm³/mol. The zero-order valence-corrected chi connectivity index (χ0v) is 15.6. The molecule has 2 heterocycles. The fourth-order valence-electron chi connectivity index (χ4n) is 2.78. The van der Waals surface area contributed by atoms with Crippen LogP contribution in [0.3, 0.4) is 0 Å². The Morgan fingerprint density at radius 1 is 1.04 bits per heavy atom. The Bertz CT molecular complexity index is 709. The van der Waals surface area contributed by atoms with E-state index in [1.807, 2.05) is 0 Å². The van der Waals surface area contributed by atoms with Crippen molar-refractivity contribution < 1.29 is 17.9 Å². The molecule has 0 saturated carbocycles. The molecule has 0 aliphatic heterocycles. The fraction of sp³-hybridized carbons (Fsp3) is 0.526. The zero-order chi connectivity index (χ0) is 19.7. The van der Waals surface area contributed by atoms with E-state index in [0.717, 1.165) is 31.2 Å². The van der Waals surface area contributed by atoms with Crippen molar-refractivity contribution in [3.8, 4) is 5.75 Å². The maximum absolute atomic E-state index is 12.3. The molecule has 1 atom stereocenters. The smallest absolute Gasteiger partial charge is 0.406 e. The third-order valence-electron chi connectivity index (χ3n) is 4.16. The van der Waals surface area contributed by atoms with E-state index < -0.39 is 6.36 Å². The second kappa shape index (κ2) is 10.1. The third kappa shape index (κ3) is 7.40. The number of ether oxygens (including phenoxy) is 1. The second-order valence-corrected chi connectivity index (χ2v) is 6.30. The first-order valence-corrected chi connectivity index (χ1v) is 9.23. The van der Waals surface area contributed by atoms with Gasteiger partial charge in [0.25, 0.3) is 0 Å². The lowest BCUT2D eigenvalue weighted by molar-refractivity contribution is -0.274. The molecule has 8 heteroatoms. The summed E-state index contributed by atoms with van der Waals surface area (Å²) in [4.78, 5) is 12.9. The average Bonchev–Trinajstić information content (AvgIpc) is 2.61. The molecule has 0 aliphatic rings. The van der Waals surface area contributed by atoms with Crippen LogP contribution in [-0.4, -0.2) is 21.3 Å². The number of nitrogens with zero attached hydrogens (tertiary/aromatic N) is 3. The molecule has 0 aliphatic carbocycles. The molecule has 0 saturated heterocycles. The summed E-state index contributed by atoms with van der Waals surface area (Å²) in [6.07, 6.45) is 4.84. The standard InChI is InChI=1S/C19H25F3N4O/c1-3-5-6-7-8-14(4-2)18-24-12-10-16(26-18)25-17-13-15(9-11-23-17)27-19(20,21)22/h9-14H,3-8H2,1-2H3,(H,23,24,25,26). The third-order valence-corrected chi connectivity index (χ3v) is 4.16. The highest BCUT2D eigenvalue weighted by atomic mass is 19.4. The van der Waals surface area contributed by atoms with Crippen LogP contribution in [0.4, 0.5) is 24.8 Å². The maximum Gasteiger partial charge on any atom is 0.573 e. The van der Waals surface area contributed by atoms with Gasteiger partial charge in [0, 0.05) is 24.4 Å². The van der Waals surface area contributed by atoms with Crippen molar-refractivity contribution in [2.45, 2.75) is 64.7 Å². The largest absolute Gasteiger partial charge is 0.573 e. The number of halogens is 3. The highest BCUT2D eigenvalue weighted by molar-refractivity contribution is 5.53. The lowest BCUT2D eigenvalue weighted by atomic mass is 9.97. The molecule has 0 spiro atoms. The van der Waals surface area contributed by atoms with E-state index >= 15 is 0 Å². The van der Waals surface area contributed by atoms with Gasteiger partial charge in [0.05, 0.1) is 0 Å². The van der Waals surface area contributed by atoms with Gasteiger partial charge in [-0.1, -0.05) is 39.5 Å². The SMILES string of the molecule is CCCCCCC(CC)c1nccc(Nc2cc(OC(F)(F)F)ccn2)n1. The van der Waals surface area contributed by atoms with Crippen molar-refractivity contribution in [3.63, 3.8) is 0 Å². The van der Waals surface area contributed by atoms with Crippen LogP contribution in [-0.2, 0) is 0 Å². The Kier molecular flexibility index (Phi) is 7.82. The summed E-state index contributed by atoms with van der Waals surface area (Å²) >= 11 is 0. The minimum absolute atomic E-state index is 0.220. The van der Waals surface area contributed by atoms with Gasteiger partial charge in [0.2, 0.25) is 0 Å². The average molecular weight is 382 g/mol. The van der Waals surface area contributed by atoms with E-state index in [-0.39, 0.29) is 17.5 Å². The molecule has 27 heavy (non-hydrogen) atoms. The number of hydrogen-bond donors (Lipinski definition) is 1. The van der Waals surface area contributed by atoms with Crippen LogP contribution >= 0.6 is 0 Å². The van der Waals surface area contributed by atoms with Crippen molar-refractivity contribution in [2.75, 3.05) is 5.32 Å². The van der Waals surface area contributed by atoms with Gasteiger partial charge < -0.3 is 10.1 Å². The number of anilines is 2. The molecule has 0 amide bonds. The fourth-order valence-corrected chi connectivity index (χ4v) is 2.78. The summed E-state index contributed by atoms with van der Waals surface area (Å²) in [5.41, 5.74) is 0. The van der Waals surface area contributed by atoms with Crippen LogP contribution < -0.4 is 10.1 Å². The van der Waals surface area contributed by atoms with Gasteiger partial charge in [0.1, 0.15) is 23.2 Å². The van der Waals surface area contributed by atoms with Crippen LogP contribution in [0.2, 0.25) is 0 Å². The minimum Gasteiger partial charge on any atom is -0.406 e. The van der Waals surface area contributed by atoms with Gasteiger partial charge in [-0.3, -0.25) is 0 Å². The molecule has 148 valence electrons. The normalized spacial score (nSPS) is 12.6. The Labute approximate surface area is 157 Å². The van der Waals surface area contributed by atoms with Crippen LogP contribution in [0, 0.1) is 0 Å². The van der Waals surface area contributed by atoms with Gasteiger partial charge in [-0.05, 0) is 25.0 Å². The molecule has 2 aromatic heterocycles. The Morgan fingerprint density at radius 3 is 2.52 bits per heavy atom. The predicted octanol–water partition coefficient (Wildman–Crippen LogP) is 5.98. The molecule has 0 radical (unpaired) electrons. The summed E-state index contributed by atoms with van der Waals surface area (Å²) < 4.78 is 41.0. The second-order valence-electron chi connectivity index (χ2n) is 6.30. The van der Waals surface area contributed by atoms with Crippen LogP contribution in [0.1, 0.15) is 64.1 Å². The number of alkyl halides is 3. The van der Waals surface area contributed by atoms with Crippen molar-refractivity contribution >= 4 is 11.6 Å². The number of unbranched alkanes of at least 4 members (excludes halogenated alkanes) is 3. The van der Waals surface area contributed by atoms with E-state index in [4.69, 9.17) is 0 Å². The quantitative estimate of drug-likeness (QED) is 0.512. The van der Waals surface area contributed by atoms with Gasteiger partial charge in [-0.2, -0.15) is 0 Å². The first kappa shape index (κ1) is 20.9. The Morgan fingerprint density at radius 2 is 1.81 bits per heavy atom. The van der Waals surface area contributed by atoms with Crippen molar-refractivity contribution in [2.24, 2.45) is 0 Å². The lowest BCUT2D eigenvalue weighted by Gasteiger charge is -2.15. The molecular formula is C19H25F3N4O. The lowest BCUT2D eigenvalue weighted by Crippen LogP contribution is -2.17. The Hall–Kier alpha value is -2.38. The number of hydrogen-bond acceptors (Lipinski definition) is 5. The summed E-state index contributed by atoms with van der Waals surface area (Å²) in [6.45, 7) is 4.28. The van der Waals surface area contributed by atoms with Gasteiger partial charge in [0.15, 0.2) is 0 Å². The number of aromatic nitrogens is 3. The number of nitrogens with one attached hydrogen (secondary N) is 1. The van der Waals surface area contributed by atoms with Crippen molar-refractivity contribution in [3.05, 3.63) is 36.4 Å². The summed E-state index contributed by atoms with van der Waals surface area (Å²) in [5, 5.41) is 2.92. The number of pyridine rings is 1. The molecule has 2 rings (SSSR count). The summed E-state index contributed by atoms with van der Waals surface area (Å²) in [6, 6.07) is 3.98. The van der Waals surface area contributed by atoms with Crippen molar-refractivity contribution in [1.82, 2.24) is 15.0 Å². The van der Waals surface area contributed by atoms with Crippen LogP contribution in [0.15, 0.2) is 30.6 Å². The van der Waals surface area contributed by atoms with Gasteiger partial charge in [-0.15, -0.1) is 13.2 Å². The molecule has 0 fully saturated rings. The summed E-state index contributed by atoms with van der Waals surface area (Å²) in [7, 11) is 0. The molecule has 1 N–H and O–H groups in total. The minimum atomic E-state index is -4.74. The molecule has 0 bridgehead atoms. The van der Waals surface area contributed by atoms with E-state index in [9.17, 15) is 13.2 Å². The number of rotatable bonds is 10. The van der Waals surface area contributed by atoms with E-state index in [0.29, 0.717) is 5.82 Å². The highest BCUT2D eigenvalue weighted by Gasteiger charge is 2.31. The first-order chi connectivity index (χ1) is 12.9. The highest BCUT2D eigenvalue weighted by Crippen LogP contribution is 2.26. The molecule has 0 aromatic carbocycles. The molecular weight excluding hydrogens is 357 g/mol. The zero-order valence-electron chi connectivity index (χ0n) is 15.6. The van der Waals surface area contributed by atoms with Gasteiger partial charge in [-0.25, -0.2) is 15.0 Å². The van der Waals surface area contributed by atoms with Gasteiger partial charge >= 0.3 is 6.36 Å². The topological polar surface area (TPSA) is 59.9 Å².